The summed E-state index contributed by atoms with van der Waals surface area (Å²) in [7, 11) is 3.05. The first-order chi connectivity index (χ1) is 15.0. The molecule has 2 heterocycles. The van der Waals surface area contributed by atoms with E-state index in [4.69, 9.17) is 9.47 Å². The van der Waals surface area contributed by atoms with E-state index in [0.29, 0.717) is 27.5 Å². The molecule has 2 aromatic carbocycles. The number of rotatable bonds is 8. The van der Waals surface area contributed by atoms with E-state index in [1.165, 1.54) is 43.0 Å². The summed E-state index contributed by atoms with van der Waals surface area (Å²) in [6, 6.07) is 9.98. The van der Waals surface area contributed by atoms with Crippen LogP contribution in [-0.2, 0) is 0 Å². The Balaban J connectivity index is 1.45. The number of thiazole rings is 1. The molecule has 160 valence electrons. The van der Waals surface area contributed by atoms with E-state index in [1.54, 1.807) is 29.6 Å². The second-order valence-corrected chi connectivity index (χ2v) is 8.63. The van der Waals surface area contributed by atoms with E-state index in [2.05, 4.69) is 4.98 Å². The summed E-state index contributed by atoms with van der Waals surface area (Å²) >= 11 is 2.73. The van der Waals surface area contributed by atoms with Gasteiger partial charge in [-0.2, -0.15) is 0 Å². The molecular formula is C23H20FNO4S2. The van der Waals surface area contributed by atoms with E-state index in [9.17, 15) is 14.3 Å². The Labute approximate surface area is 186 Å². The number of hydrogen-bond acceptors (Lipinski definition) is 7. The minimum atomic E-state index is -0.865. The van der Waals surface area contributed by atoms with Crippen molar-refractivity contribution in [1.82, 2.24) is 4.98 Å². The van der Waals surface area contributed by atoms with Crippen molar-refractivity contribution in [2.24, 2.45) is 0 Å². The van der Waals surface area contributed by atoms with Crippen LogP contribution >= 0.6 is 22.7 Å². The number of fused-ring (bicyclic) bond motifs is 1. The Kier molecular flexibility index (Phi) is 6.31. The first-order valence-electron chi connectivity index (χ1n) is 9.56. The fourth-order valence-electron chi connectivity index (χ4n) is 3.32. The van der Waals surface area contributed by atoms with Gasteiger partial charge in [-0.3, -0.25) is 4.79 Å². The SMILES string of the molecule is COc1ccc(C(=O)CCC(O)c2csc(-c3csc4c(F)cccc34)n2)cc1OC. The molecule has 2 aromatic heterocycles. The molecule has 0 spiro atoms. The van der Waals surface area contributed by atoms with Crippen LogP contribution in [0, 0.1) is 5.82 Å². The van der Waals surface area contributed by atoms with Crippen LogP contribution in [0.25, 0.3) is 20.7 Å². The third-order valence-corrected chi connectivity index (χ3v) is 6.89. The van der Waals surface area contributed by atoms with Gasteiger partial charge in [0, 0.05) is 33.7 Å². The first-order valence-corrected chi connectivity index (χ1v) is 11.3. The number of Topliss-reactive ketones (excluding diaryl/α,β-unsaturated/α-hetero) is 1. The number of nitrogens with zero attached hydrogens (tertiary/aromatic N) is 1. The van der Waals surface area contributed by atoms with Gasteiger partial charge in [-0.1, -0.05) is 12.1 Å². The highest BCUT2D eigenvalue weighted by molar-refractivity contribution is 7.19. The molecule has 4 aromatic rings. The number of methoxy groups -OCH3 is 2. The number of benzene rings is 2. The number of aliphatic hydroxyl groups excluding tert-OH is 1. The van der Waals surface area contributed by atoms with Gasteiger partial charge in [0.25, 0.3) is 0 Å². The third-order valence-electron chi connectivity index (χ3n) is 5.00. The minimum absolute atomic E-state index is 0.102. The Morgan fingerprint density at radius 2 is 1.94 bits per heavy atom. The van der Waals surface area contributed by atoms with Gasteiger partial charge in [0.2, 0.25) is 0 Å². The summed E-state index contributed by atoms with van der Waals surface area (Å²) in [5, 5.41) is 15.7. The van der Waals surface area contributed by atoms with Gasteiger partial charge < -0.3 is 14.6 Å². The van der Waals surface area contributed by atoms with Gasteiger partial charge in [-0.05, 0) is 30.7 Å². The average molecular weight is 458 g/mol. The van der Waals surface area contributed by atoms with Gasteiger partial charge in [-0.25, -0.2) is 9.37 Å². The van der Waals surface area contributed by atoms with Crippen molar-refractivity contribution in [2.75, 3.05) is 14.2 Å². The monoisotopic (exact) mass is 457 g/mol. The van der Waals surface area contributed by atoms with Crippen molar-refractivity contribution in [2.45, 2.75) is 18.9 Å². The Hall–Kier alpha value is -2.81. The fraction of sp³-hybridized carbons (Fsp3) is 0.217. The van der Waals surface area contributed by atoms with Crippen molar-refractivity contribution >= 4 is 38.5 Å². The molecular weight excluding hydrogens is 437 g/mol. The fourth-order valence-corrected chi connectivity index (χ4v) is 5.25. The van der Waals surface area contributed by atoms with Gasteiger partial charge in [0.05, 0.1) is 30.7 Å². The highest BCUT2D eigenvalue weighted by atomic mass is 32.1. The predicted octanol–water partition coefficient (Wildman–Crippen LogP) is 5.88. The lowest BCUT2D eigenvalue weighted by molar-refractivity contribution is 0.0938. The summed E-state index contributed by atoms with van der Waals surface area (Å²) < 4.78 is 25.0. The largest absolute Gasteiger partial charge is 0.493 e. The maximum atomic E-state index is 14.0. The molecule has 0 saturated carbocycles. The quantitative estimate of drug-likeness (QED) is 0.335. The minimum Gasteiger partial charge on any atom is -0.493 e. The van der Waals surface area contributed by atoms with Crippen LogP contribution in [0.2, 0.25) is 0 Å². The van der Waals surface area contributed by atoms with Crippen molar-refractivity contribution in [3.8, 4) is 22.1 Å². The van der Waals surface area contributed by atoms with E-state index in [1.807, 2.05) is 11.4 Å². The van der Waals surface area contributed by atoms with Crippen LogP contribution in [-0.4, -0.2) is 30.1 Å². The molecule has 0 bridgehead atoms. The van der Waals surface area contributed by atoms with Gasteiger partial charge >= 0.3 is 0 Å². The Bertz CT molecular complexity index is 1230. The number of thiophene rings is 1. The van der Waals surface area contributed by atoms with Crippen LogP contribution in [0.5, 0.6) is 11.5 Å². The van der Waals surface area contributed by atoms with Crippen LogP contribution < -0.4 is 9.47 Å². The molecule has 1 unspecified atom stereocenters. The lowest BCUT2D eigenvalue weighted by atomic mass is 10.0. The highest BCUT2D eigenvalue weighted by Gasteiger charge is 2.18. The van der Waals surface area contributed by atoms with Crippen molar-refractivity contribution in [3.63, 3.8) is 0 Å². The van der Waals surface area contributed by atoms with E-state index in [-0.39, 0.29) is 24.4 Å². The summed E-state index contributed by atoms with van der Waals surface area (Å²) in [6.07, 6.45) is -0.457. The van der Waals surface area contributed by atoms with E-state index in [0.717, 1.165) is 16.0 Å². The van der Waals surface area contributed by atoms with Gasteiger partial charge in [0.15, 0.2) is 17.3 Å². The summed E-state index contributed by atoms with van der Waals surface area (Å²) in [6.45, 7) is 0. The molecule has 0 aliphatic carbocycles. The van der Waals surface area contributed by atoms with Crippen LogP contribution in [0.3, 0.4) is 0 Å². The standard InChI is InChI=1S/C23H20FNO4S2/c1-28-20-9-6-13(10-21(20)29-2)18(26)7-8-19(27)17-12-31-23(25-17)15-11-30-22-14(15)4-3-5-16(22)24/h3-6,9-12,19,27H,7-8H2,1-2H3. The lowest BCUT2D eigenvalue weighted by Crippen LogP contribution is -2.05. The van der Waals surface area contributed by atoms with E-state index < -0.39 is 6.10 Å². The zero-order chi connectivity index (χ0) is 22.0. The number of ether oxygens (including phenoxy) is 2. The summed E-state index contributed by atoms with van der Waals surface area (Å²) in [5.74, 6) is 0.682. The summed E-state index contributed by atoms with van der Waals surface area (Å²) in [4.78, 5) is 17.1. The predicted molar refractivity (Wildman–Crippen MR) is 121 cm³/mol. The molecule has 0 radical (unpaired) electrons. The molecule has 1 atom stereocenters. The lowest BCUT2D eigenvalue weighted by Gasteiger charge is -2.10. The number of halogens is 1. The molecule has 5 nitrogen and oxygen atoms in total. The first kappa shape index (κ1) is 21.4. The zero-order valence-electron chi connectivity index (χ0n) is 16.9. The molecule has 1 N–H and O–H groups in total. The van der Waals surface area contributed by atoms with Crippen LogP contribution in [0.4, 0.5) is 4.39 Å². The Morgan fingerprint density at radius 1 is 1.13 bits per heavy atom. The van der Waals surface area contributed by atoms with Gasteiger partial charge in [-0.15, -0.1) is 22.7 Å². The number of carbonyl (C=O) groups excluding carboxylic acids is 1. The molecule has 31 heavy (non-hydrogen) atoms. The van der Waals surface area contributed by atoms with Crippen molar-refractivity contribution < 1.29 is 23.8 Å². The third kappa shape index (κ3) is 4.32. The maximum Gasteiger partial charge on any atom is 0.163 e. The molecule has 0 fully saturated rings. The van der Waals surface area contributed by atoms with Crippen molar-refractivity contribution in [1.29, 1.82) is 0 Å². The molecule has 0 saturated heterocycles. The Morgan fingerprint density at radius 3 is 2.71 bits per heavy atom. The molecule has 4 rings (SSSR count). The number of ketones is 1. The number of aromatic nitrogens is 1. The van der Waals surface area contributed by atoms with Crippen LogP contribution in [0.1, 0.15) is 35.0 Å². The zero-order valence-corrected chi connectivity index (χ0v) is 18.6. The van der Waals surface area contributed by atoms with Crippen LogP contribution in [0.15, 0.2) is 47.2 Å². The number of carbonyl (C=O) groups is 1. The van der Waals surface area contributed by atoms with Crippen molar-refractivity contribution in [3.05, 3.63) is 64.2 Å². The highest BCUT2D eigenvalue weighted by Crippen LogP contribution is 2.37. The molecule has 8 heteroatoms. The van der Waals surface area contributed by atoms with Gasteiger partial charge in [0.1, 0.15) is 10.8 Å². The smallest absolute Gasteiger partial charge is 0.163 e. The second kappa shape index (κ2) is 9.13. The number of hydrogen-bond donors (Lipinski definition) is 1. The number of aliphatic hydroxyl groups is 1. The second-order valence-electron chi connectivity index (χ2n) is 6.89. The molecule has 0 aliphatic heterocycles. The topological polar surface area (TPSA) is 68.7 Å². The molecule has 0 amide bonds. The maximum absolute atomic E-state index is 14.0. The molecule has 0 aliphatic rings. The van der Waals surface area contributed by atoms with E-state index >= 15 is 0 Å². The summed E-state index contributed by atoms with van der Waals surface area (Å²) in [5.41, 5.74) is 1.86. The normalized spacial score (nSPS) is 12.1. The average Bonchev–Trinajstić information content (AvgIpc) is 3.44.